The van der Waals surface area contributed by atoms with E-state index in [1.807, 2.05) is 0 Å². The van der Waals surface area contributed by atoms with Gasteiger partial charge in [-0.1, -0.05) is 0 Å². The third kappa shape index (κ3) is 3.03. The summed E-state index contributed by atoms with van der Waals surface area (Å²) in [5.41, 5.74) is 0. The second-order valence-corrected chi connectivity index (χ2v) is 4.41. The van der Waals surface area contributed by atoms with Crippen LogP contribution in [0, 0.1) is 4.78 Å². The highest BCUT2D eigenvalue weighted by Crippen LogP contribution is 1.93. The normalized spacial score (nSPS) is 24.4. The fourth-order valence-corrected chi connectivity index (χ4v) is 1.85. The van der Waals surface area contributed by atoms with Crippen LogP contribution >= 0.6 is 12.4 Å². The third-order valence-electron chi connectivity index (χ3n) is 1.22. The van der Waals surface area contributed by atoms with Gasteiger partial charge in [-0.2, -0.15) is 0 Å². The van der Waals surface area contributed by atoms with E-state index >= 15 is 0 Å². The molecule has 0 aliphatic carbocycles. The largest absolute Gasteiger partial charge is 0.315 e. The van der Waals surface area contributed by atoms with Crippen LogP contribution in [0.2, 0.25) is 0 Å². The minimum atomic E-state index is -2.15. The lowest BCUT2D eigenvalue weighted by Gasteiger charge is -2.13. The summed E-state index contributed by atoms with van der Waals surface area (Å²) in [5, 5.41) is 3.04. The first-order valence-electron chi connectivity index (χ1n) is 2.66. The predicted molar refractivity (Wildman–Crippen MR) is 40.7 cm³/mol. The summed E-state index contributed by atoms with van der Waals surface area (Å²) in [6, 6.07) is 0. The summed E-state index contributed by atoms with van der Waals surface area (Å²) < 4.78 is 17.9. The van der Waals surface area contributed by atoms with E-state index in [4.69, 9.17) is 4.78 Å². The quantitative estimate of drug-likeness (QED) is 0.540. The second kappa shape index (κ2) is 3.39. The molecule has 0 radical (unpaired) electrons. The van der Waals surface area contributed by atoms with Gasteiger partial charge in [-0.3, -0.25) is 4.78 Å². The first kappa shape index (κ1) is 9.20. The van der Waals surface area contributed by atoms with Crippen LogP contribution in [0.5, 0.6) is 0 Å². The van der Waals surface area contributed by atoms with Gasteiger partial charge in [-0.15, -0.1) is 12.4 Å². The minimum Gasteiger partial charge on any atom is -0.315 e. The Bertz CT molecular complexity index is 153. The smallest absolute Gasteiger partial charge is 0.0466 e. The van der Waals surface area contributed by atoms with Gasteiger partial charge in [0.15, 0.2) is 0 Å². The van der Waals surface area contributed by atoms with Crippen molar-refractivity contribution in [3.8, 4) is 0 Å². The highest BCUT2D eigenvalue weighted by molar-refractivity contribution is 7.92. The van der Waals surface area contributed by atoms with Crippen molar-refractivity contribution in [2.75, 3.05) is 24.6 Å². The zero-order chi connectivity index (χ0) is 6.04. The molecule has 0 bridgehead atoms. The zero-order valence-corrected chi connectivity index (χ0v) is 6.69. The van der Waals surface area contributed by atoms with Crippen LogP contribution in [-0.2, 0) is 9.73 Å². The lowest BCUT2D eigenvalue weighted by atomic mass is 10.6. The van der Waals surface area contributed by atoms with Crippen LogP contribution < -0.4 is 5.32 Å². The highest BCUT2D eigenvalue weighted by Gasteiger charge is 2.09. The first-order chi connectivity index (χ1) is 3.71. The van der Waals surface area contributed by atoms with Gasteiger partial charge < -0.3 is 5.32 Å². The molecule has 1 saturated heterocycles. The molecule has 56 valence electrons. The Morgan fingerprint density at radius 3 is 2.00 bits per heavy atom. The number of hydrogen-bond acceptors (Lipinski definition) is 3. The van der Waals surface area contributed by atoms with Crippen LogP contribution in [0.25, 0.3) is 0 Å². The van der Waals surface area contributed by atoms with E-state index in [0.29, 0.717) is 11.5 Å². The molecule has 2 N–H and O–H groups in total. The summed E-state index contributed by atoms with van der Waals surface area (Å²) in [5.74, 6) is 1.07. The van der Waals surface area contributed by atoms with Crippen molar-refractivity contribution >= 4 is 22.1 Å². The number of rotatable bonds is 0. The van der Waals surface area contributed by atoms with Crippen molar-refractivity contribution in [1.29, 1.82) is 4.78 Å². The molecule has 1 aliphatic rings. The monoisotopic (exact) mass is 170 g/mol. The van der Waals surface area contributed by atoms with Crippen molar-refractivity contribution in [3.63, 3.8) is 0 Å². The summed E-state index contributed by atoms with van der Waals surface area (Å²) in [6.45, 7) is 1.50. The third-order valence-corrected chi connectivity index (χ3v) is 2.94. The van der Waals surface area contributed by atoms with Gasteiger partial charge in [0, 0.05) is 34.3 Å². The van der Waals surface area contributed by atoms with Crippen LogP contribution in [0.1, 0.15) is 0 Å². The fourth-order valence-electron chi connectivity index (χ4n) is 0.701. The van der Waals surface area contributed by atoms with Gasteiger partial charge in [-0.25, -0.2) is 4.21 Å². The van der Waals surface area contributed by atoms with E-state index in [1.54, 1.807) is 0 Å². The SMILES string of the molecule is Cl.N=S1(=O)CCNCC1. The molecule has 0 aromatic heterocycles. The van der Waals surface area contributed by atoms with E-state index in [-0.39, 0.29) is 12.4 Å². The van der Waals surface area contributed by atoms with Crippen LogP contribution in [-0.4, -0.2) is 28.8 Å². The molecule has 0 atom stereocenters. The lowest BCUT2D eigenvalue weighted by molar-refractivity contribution is 0.650. The molecule has 0 saturated carbocycles. The molecule has 1 fully saturated rings. The summed E-state index contributed by atoms with van der Waals surface area (Å²) in [6.07, 6.45) is 0. The Hall–Kier alpha value is 0.200. The van der Waals surface area contributed by atoms with Crippen LogP contribution in [0.4, 0.5) is 0 Å². The molecular weight excluding hydrogens is 160 g/mol. The van der Waals surface area contributed by atoms with E-state index in [0.717, 1.165) is 13.1 Å². The molecule has 1 heterocycles. The second-order valence-electron chi connectivity index (χ2n) is 1.97. The Kier molecular flexibility index (Phi) is 3.46. The van der Waals surface area contributed by atoms with Crippen molar-refractivity contribution in [1.82, 2.24) is 5.32 Å². The molecule has 1 aliphatic heterocycles. The molecule has 1 rings (SSSR count). The molecule has 5 heteroatoms. The van der Waals surface area contributed by atoms with Gasteiger partial charge >= 0.3 is 0 Å². The molecular formula is C4H11ClN2OS. The minimum absolute atomic E-state index is 0. The zero-order valence-electron chi connectivity index (χ0n) is 5.05. The van der Waals surface area contributed by atoms with E-state index < -0.39 is 9.73 Å². The Morgan fingerprint density at radius 2 is 1.78 bits per heavy atom. The van der Waals surface area contributed by atoms with Gasteiger partial charge in [0.05, 0.1) is 0 Å². The highest BCUT2D eigenvalue weighted by atomic mass is 35.5. The van der Waals surface area contributed by atoms with E-state index in [9.17, 15) is 4.21 Å². The fraction of sp³-hybridized carbons (Fsp3) is 1.00. The maximum absolute atomic E-state index is 10.8. The first-order valence-corrected chi connectivity index (χ1v) is 4.55. The van der Waals surface area contributed by atoms with Gasteiger partial charge in [0.25, 0.3) is 0 Å². The molecule has 3 nitrogen and oxygen atoms in total. The number of hydrogen-bond donors (Lipinski definition) is 2. The van der Waals surface area contributed by atoms with Crippen LogP contribution in [0.15, 0.2) is 0 Å². The summed E-state index contributed by atoms with van der Waals surface area (Å²) in [7, 11) is -2.15. The van der Waals surface area contributed by atoms with Crippen LogP contribution in [0.3, 0.4) is 0 Å². The van der Waals surface area contributed by atoms with E-state index in [2.05, 4.69) is 5.32 Å². The van der Waals surface area contributed by atoms with Crippen molar-refractivity contribution in [3.05, 3.63) is 0 Å². The lowest BCUT2D eigenvalue weighted by Crippen LogP contribution is -2.35. The van der Waals surface area contributed by atoms with Crippen molar-refractivity contribution in [2.45, 2.75) is 0 Å². The van der Waals surface area contributed by atoms with Gasteiger partial charge in [0.2, 0.25) is 0 Å². The predicted octanol–water partition coefficient (Wildman–Crippen LogP) is 0.0582. The molecule has 0 unspecified atom stereocenters. The molecule has 0 aromatic carbocycles. The Labute approximate surface area is 61.6 Å². The number of halogens is 1. The van der Waals surface area contributed by atoms with Crippen molar-refractivity contribution < 1.29 is 4.21 Å². The molecule has 0 spiro atoms. The standard InChI is InChI=1S/C4H10N2OS.ClH/c5-8(7)3-1-6-2-4-8;/h5-6H,1-4H2;1H. The average molecular weight is 171 g/mol. The molecule has 0 amide bonds. The maximum Gasteiger partial charge on any atom is 0.0466 e. The van der Waals surface area contributed by atoms with Crippen molar-refractivity contribution in [2.24, 2.45) is 0 Å². The number of nitrogens with one attached hydrogen (secondary N) is 2. The molecule has 9 heavy (non-hydrogen) atoms. The Balaban J connectivity index is 0.000000640. The maximum atomic E-state index is 10.8. The Morgan fingerprint density at radius 1 is 1.33 bits per heavy atom. The summed E-state index contributed by atoms with van der Waals surface area (Å²) >= 11 is 0. The molecule has 0 aromatic rings. The van der Waals surface area contributed by atoms with Gasteiger partial charge in [0.1, 0.15) is 0 Å². The topological polar surface area (TPSA) is 53.0 Å². The summed E-state index contributed by atoms with van der Waals surface area (Å²) in [4.78, 5) is 0. The average Bonchev–Trinajstić information content (AvgIpc) is 1.65. The van der Waals surface area contributed by atoms with E-state index in [1.165, 1.54) is 0 Å². The van der Waals surface area contributed by atoms with Gasteiger partial charge in [-0.05, 0) is 0 Å².